The number of carbonyl (C=O) groups excluding carboxylic acids is 1. The molecule has 1 amide bonds. The predicted molar refractivity (Wildman–Crippen MR) is 81.8 cm³/mol. The number of hydrogen-bond donors (Lipinski definition) is 1. The van der Waals surface area contributed by atoms with E-state index >= 15 is 0 Å². The van der Waals surface area contributed by atoms with Crippen LogP contribution in [0.1, 0.15) is 17.9 Å². The summed E-state index contributed by atoms with van der Waals surface area (Å²) in [4.78, 5) is 13.7. The van der Waals surface area contributed by atoms with Crippen LogP contribution in [0.5, 0.6) is 0 Å². The lowest BCUT2D eigenvalue weighted by Gasteiger charge is -2.10. The summed E-state index contributed by atoms with van der Waals surface area (Å²) in [6.45, 7) is 0.457. The van der Waals surface area contributed by atoms with Gasteiger partial charge in [0, 0.05) is 12.0 Å². The Morgan fingerprint density at radius 2 is 1.95 bits per heavy atom. The number of amides is 1. The first-order chi connectivity index (χ1) is 9.65. The molecular weight excluding hydrogens is 248 g/mol. The lowest BCUT2D eigenvalue weighted by atomic mass is 10.0. The van der Waals surface area contributed by atoms with Crippen LogP contribution in [-0.4, -0.2) is 37.5 Å². The van der Waals surface area contributed by atoms with Crippen molar-refractivity contribution in [3.05, 3.63) is 48.0 Å². The molecule has 3 rings (SSSR count). The minimum absolute atomic E-state index is 0.114. The summed E-state index contributed by atoms with van der Waals surface area (Å²) < 4.78 is 0. The molecule has 2 aromatic rings. The van der Waals surface area contributed by atoms with E-state index in [0.29, 0.717) is 18.5 Å². The molecule has 0 heterocycles. The standard InChI is InChI=1S/C17H20N2O/c1-19(2)11-17(20)18-16-10-15(16)14-9-5-7-12-6-3-4-8-13(12)14/h3-9,15-16H,10-11H2,1-2H3,(H,18,20)/t15-,16+/m0/s1. The van der Waals surface area contributed by atoms with Crippen LogP contribution in [0, 0.1) is 0 Å². The number of nitrogens with one attached hydrogen (secondary N) is 1. The van der Waals surface area contributed by atoms with E-state index in [0.717, 1.165) is 6.42 Å². The van der Waals surface area contributed by atoms with E-state index < -0.39 is 0 Å². The molecule has 0 radical (unpaired) electrons. The molecule has 2 atom stereocenters. The number of benzene rings is 2. The lowest BCUT2D eigenvalue weighted by molar-refractivity contribution is -0.121. The Bertz CT molecular complexity index is 630. The topological polar surface area (TPSA) is 32.3 Å². The molecule has 0 spiro atoms. The van der Waals surface area contributed by atoms with Crippen LogP contribution in [-0.2, 0) is 4.79 Å². The molecule has 3 nitrogen and oxygen atoms in total. The van der Waals surface area contributed by atoms with Crippen LogP contribution in [0.25, 0.3) is 10.8 Å². The summed E-state index contributed by atoms with van der Waals surface area (Å²) in [5.74, 6) is 0.579. The molecule has 1 aliphatic carbocycles. The first-order valence-electron chi connectivity index (χ1n) is 7.07. The Morgan fingerprint density at radius 3 is 2.75 bits per heavy atom. The van der Waals surface area contributed by atoms with Crippen molar-refractivity contribution < 1.29 is 4.79 Å². The summed E-state index contributed by atoms with van der Waals surface area (Å²) in [6.07, 6.45) is 1.05. The second-order valence-corrected chi connectivity index (χ2v) is 5.82. The van der Waals surface area contributed by atoms with Crippen molar-refractivity contribution in [2.75, 3.05) is 20.6 Å². The SMILES string of the molecule is CN(C)CC(=O)N[C@@H]1C[C@H]1c1cccc2ccccc12. The van der Waals surface area contributed by atoms with Gasteiger partial charge in [-0.05, 0) is 36.9 Å². The maximum atomic E-state index is 11.8. The Labute approximate surface area is 119 Å². The highest BCUT2D eigenvalue weighted by molar-refractivity contribution is 5.87. The molecular formula is C17H20N2O. The van der Waals surface area contributed by atoms with Crippen LogP contribution >= 0.6 is 0 Å². The van der Waals surface area contributed by atoms with Crippen molar-refractivity contribution in [2.45, 2.75) is 18.4 Å². The van der Waals surface area contributed by atoms with Crippen LogP contribution in [0.15, 0.2) is 42.5 Å². The van der Waals surface area contributed by atoms with Gasteiger partial charge in [0.05, 0.1) is 6.54 Å². The third-order valence-corrected chi connectivity index (χ3v) is 3.82. The van der Waals surface area contributed by atoms with E-state index in [4.69, 9.17) is 0 Å². The quantitative estimate of drug-likeness (QED) is 0.923. The molecule has 3 heteroatoms. The molecule has 104 valence electrons. The van der Waals surface area contributed by atoms with Gasteiger partial charge in [0.2, 0.25) is 5.91 Å². The summed E-state index contributed by atoms with van der Waals surface area (Å²) in [5.41, 5.74) is 1.36. The number of nitrogens with zero attached hydrogens (tertiary/aromatic N) is 1. The van der Waals surface area contributed by atoms with E-state index in [1.807, 2.05) is 19.0 Å². The zero-order chi connectivity index (χ0) is 14.1. The molecule has 0 saturated heterocycles. The molecule has 0 bridgehead atoms. The van der Waals surface area contributed by atoms with Crippen LogP contribution in [0.3, 0.4) is 0 Å². The number of fused-ring (bicyclic) bond motifs is 1. The van der Waals surface area contributed by atoms with Crippen molar-refractivity contribution >= 4 is 16.7 Å². The first kappa shape index (κ1) is 13.1. The van der Waals surface area contributed by atoms with Gasteiger partial charge in [-0.1, -0.05) is 42.5 Å². The van der Waals surface area contributed by atoms with Gasteiger partial charge in [-0.2, -0.15) is 0 Å². The molecule has 1 fully saturated rings. The molecule has 0 unspecified atom stereocenters. The minimum atomic E-state index is 0.114. The lowest BCUT2D eigenvalue weighted by Crippen LogP contribution is -2.35. The molecule has 2 aromatic carbocycles. The van der Waals surface area contributed by atoms with E-state index in [-0.39, 0.29) is 5.91 Å². The fourth-order valence-electron chi connectivity index (χ4n) is 2.81. The van der Waals surface area contributed by atoms with Gasteiger partial charge in [-0.3, -0.25) is 4.79 Å². The van der Waals surface area contributed by atoms with Gasteiger partial charge >= 0.3 is 0 Å². The largest absolute Gasteiger partial charge is 0.352 e. The average molecular weight is 268 g/mol. The van der Waals surface area contributed by atoms with Gasteiger partial charge in [0.15, 0.2) is 0 Å². The van der Waals surface area contributed by atoms with Crippen LogP contribution < -0.4 is 5.32 Å². The van der Waals surface area contributed by atoms with Gasteiger partial charge in [0.1, 0.15) is 0 Å². The Kier molecular flexibility index (Phi) is 3.45. The summed E-state index contributed by atoms with van der Waals surface area (Å²) >= 11 is 0. The Morgan fingerprint density at radius 1 is 1.20 bits per heavy atom. The van der Waals surface area contributed by atoms with Crippen molar-refractivity contribution in [1.82, 2.24) is 10.2 Å². The minimum Gasteiger partial charge on any atom is -0.352 e. The predicted octanol–water partition coefficient (Wildman–Crippen LogP) is 2.37. The van der Waals surface area contributed by atoms with E-state index in [1.54, 1.807) is 0 Å². The van der Waals surface area contributed by atoms with E-state index in [1.165, 1.54) is 16.3 Å². The van der Waals surface area contributed by atoms with Gasteiger partial charge in [-0.25, -0.2) is 0 Å². The number of likely N-dealkylation sites (N-methyl/N-ethyl adjacent to an activating group) is 1. The first-order valence-corrected chi connectivity index (χ1v) is 7.07. The maximum absolute atomic E-state index is 11.8. The number of rotatable bonds is 4. The van der Waals surface area contributed by atoms with Crippen molar-refractivity contribution in [3.63, 3.8) is 0 Å². The Balaban J connectivity index is 1.73. The highest BCUT2D eigenvalue weighted by Gasteiger charge is 2.40. The molecule has 0 aliphatic heterocycles. The molecule has 1 aliphatic rings. The number of carbonyl (C=O) groups is 1. The third kappa shape index (κ3) is 2.68. The molecule has 0 aromatic heterocycles. The second kappa shape index (κ2) is 5.25. The normalized spacial score (nSPS) is 21.1. The zero-order valence-electron chi connectivity index (χ0n) is 12.0. The smallest absolute Gasteiger partial charge is 0.234 e. The van der Waals surface area contributed by atoms with Gasteiger partial charge in [0.25, 0.3) is 0 Å². The highest BCUT2D eigenvalue weighted by atomic mass is 16.2. The van der Waals surface area contributed by atoms with E-state index in [9.17, 15) is 4.79 Å². The third-order valence-electron chi connectivity index (χ3n) is 3.82. The average Bonchev–Trinajstić information content (AvgIpc) is 3.16. The molecule has 20 heavy (non-hydrogen) atoms. The summed E-state index contributed by atoms with van der Waals surface area (Å²) in [5, 5.41) is 5.70. The highest BCUT2D eigenvalue weighted by Crippen LogP contribution is 2.43. The fraction of sp³-hybridized carbons (Fsp3) is 0.353. The van der Waals surface area contributed by atoms with Crippen molar-refractivity contribution in [1.29, 1.82) is 0 Å². The van der Waals surface area contributed by atoms with Crippen molar-refractivity contribution in [3.8, 4) is 0 Å². The maximum Gasteiger partial charge on any atom is 0.234 e. The molecule has 1 N–H and O–H groups in total. The van der Waals surface area contributed by atoms with E-state index in [2.05, 4.69) is 47.8 Å². The summed E-state index contributed by atoms with van der Waals surface area (Å²) in [6, 6.07) is 15.2. The second-order valence-electron chi connectivity index (χ2n) is 5.82. The summed E-state index contributed by atoms with van der Waals surface area (Å²) in [7, 11) is 3.82. The van der Waals surface area contributed by atoms with Crippen molar-refractivity contribution in [2.24, 2.45) is 0 Å². The monoisotopic (exact) mass is 268 g/mol. The molecule has 1 saturated carbocycles. The fourth-order valence-corrected chi connectivity index (χ4v) is 2.81. The van der Waals surface area contributed by atoms with Gasteiger partial charge < -0.3 is 10.2 Å². The number of hydrogen-bond acceptors (Lipinski definition) is 2. The van der Waals surface area contributed by atoms with Crippen LogP contribution in [0.2, 0.25) is 0 Å². The van der Waals surface area contributed by atoms with Gasteiger partial charge in [-0.15, -0.1) is 0 Å². The van der Waals surface area contributed by atoms with Crippen LogP contribution in [0.4, 0.5) is 0 Å². The zero-order valence-corrected chi connectivity index (χ0v) is 12.0. The Hall–Kier alpha value is -1.87.